The number of benzene rings is 1. The van der Waals surface area contributed by atoms with Gasteiger partial charge in [-0.05, 0) is 30.4 Å². The quantitative estimate of drug-likeness (QED) is 0.762. The van der Waals surface area contributed by atoms with Crippen LogP contribution in [0.3, 0.4) is 0 Å². The molecule has 0 amide bonds. The zero-order valence-corrected chi connectivity index (χ0v) is 11.0. The molecular weight excluding hydrogens is 238 g/mol. The highest BCUT2D eigenvalue weighted by Crippen LogP contribution is 2.39. The van der Waals surface area contributed by atoms with Crippen LogP contribution >= 0.6 is 0 Å². The summed E-state index contributed by atoms with van der Waals surface area (Å²) in [4.78, 5) is 7.08. The molecule has 4 nitrogen and oxygen atoms in total. The molecule has 2 N–H and O–H groups in total. The average Bonchev–Trinajstić information content (AvgIpc) is 2.83. The molecule has 1 aliphatic carbocycles. The molecule has 1 spiro atoms. The molecule has 0 radical (unpaired) electrons. The first kappa shape index (κ1) is 11.3. The number of ether oxygens (including phenoxy) is 1. The summed E-state index contributed by atoms with van der Waals surface area (Å²) in [6.45, 7) is 2.63. The Bertz CT molecular complexity index is 534. The molecule has 4 heteroatoms. The van der Waals surface area contributed by atoms with E-state index in [1.54, 1.807) is 0 Å². The van der Waals surface area contributed by atoms with Crippen LogP contribution in [0.5, 0.6) is 0 Å². The number of amidine groups is 1. The van der Waals surface area contributed by atoms with E-state index in [0.29, 0.717) is 12.6 Å². The van der Waals surface area contributed by atoms with E-state index < -0.39 is 0 Å². The third kappa shape index (κ3) is 1.82. The van der Waals surface area contributed by atoms with Crippen molar-refractivity contribution >= 4 is 6.02 Å². The highest BCUT2D eigenvalue weighted by molar-refractivity contribution is 5.76. The van der Waals surface area contributed by atoms with Gasteiger partial charge in [0.25, 0.3) is 6.02 Å². The first-order chi connectivity index (χ1) is 9.24. The smallest absolute Gasteiger partial charge is 0.288 e. The lowest BCUT2D eigenvalue weighted by molar-refractivity contribution is 0.142. The van der Waals surface area contributed by atoms with Gasteiger partial charge in [-0.15, -0.1) is 0 Å². The first-order valence-corrected chi connectivity index (χ1v) is 7.04. The number of hydrogen-bond acceptors (Lipinski definition) is 4. The molecule has 2 aliphatic heterocycles. The average molecular weight is 257 g/mol. The van der Waals surface area contributed by atoms with Gasteiger partial charge < -0.3 is 15.4 Å². The molecule has 0 atom stereocenters. The first-order valence-electron chi connectivity index (χ1n) is 7.04. The van der Waals surface area contributed by atoms with Crippen LogP contribution in [0, 0.1) is 0 Å². The molecule has 1 aromatic rings. The van der Waals surface area contributed by atoms with Crippen molar-refractivity contribution in [2.45, 2.75) is 37.4 Å². The molecule has 1 saturated carbocycles. The van der Waals surface area contributed by atoms with E-state index in [1.807, 2.05) is 0 Å². The molecule has 1 aromatic carbocycles. The monoisotopic (exact) mass is 257 g/mol. The number of nitrogens with zero attached hydrogens (tertiary/aromatic N) is 2. The summed E-state index contributed by atoms with van der Waals surface area (Å²) in [5, 5.41) is 0. The summed E-state index contributed by atoms with van der Waals surface area (Å²) in [6.07, 6.45) is 3.02. The molecule has 1 fully saturated rings. The van der Waals surface area contributed by atoms with E-state index in [1.165, 1.54) is 11.1 Å². The van der Waals surface area contributed by atoms with Gasteiger partial charge in [0.15, 0.2) is 0 Å². The highest BCUT2D eigenvalue weighted by atomic mass is 16.5. The summed E-state index contributed by atoms with van der Waals surface area (Å²) in [5.41, 5.74) is 8.74. The molecular formula is C15H19N3O. The third-order valence-electron chi connectivity index (χ3n) is 4.49. The van der Waals surface area contributed by atoms with Gasteiger partial charge in [0.2, 0.25) is 0 Å². The Morgan fingerprint density at radius 2 is 2.05 bits per heavy atom. The second-order valence-corrected chi connectivity index (χ2v) is 6.02. The van der Waals surface area contributed by atoms with E-state index >= 15 is 0 Å². The largest absolute Gasteiger partial charge is 0.463 e. The van der Waals surface area contributed by atoms with Crippen molar-refractivity contribution in [3.05, 3.63) is 35.4 Å². The SMILES string of the molecule is NC1CC2(COC(N3CCc4ccccc4C3)=N2)C1. The molecule has 4 rings (SSSR count). The Labute approximate surface area is 113 Å². The normalized spacial score (nSPS) is 32.6. The lowest BCUT2D eigenvalue weighted by Gasteiger charge is -2.38. The van der Waals surface area contributed by atoms with E-state index in [9.17, 15) is 0 Å². The fourth-order valence-corrected chi connectivity index (χ4v) is 3.41. The number of fused-ring (bicyclic) bond motifs is 1. The van der Waals surface area contributed by atoms with Crippen LogP contribution in [-0.2, 0) is 17.7 Å². The van der Waals surface area contributed by atoms with Gasteiger partial charge in [-0.2, -0.15) is 0 Å². The number of nitrogens with two attached hydrogens (primary N) is 1. The fourth-order valence-electron chi connectivity index (χ4n) is 3.41. The Morgan fingerprint density at radius 3 is 2.84 bits per heavy atom. The van der Waals surface area contributed by atoms with E-state index in [-0.39, 0.29) is 5.54 Å². The third-order valence-corrected chi connectivity index (χ3v) is 4.49. The van der Waals surface area contributed by atoms with Gasteiger partial charge in [0, 0.05) is 19.1 Å². The highest BCUT2D eigenvalue weighted by Gasteiger charge is 2.48. The molecule has 19 heavy (non-hydrogen) atoms. The van der Waals surface area contributed by atoms with Crippen molar-refractivity contribution in [3.63, 3.8) is 0 Å². The fraction of sp³-hybridized carbons (Fsp3) is 0.533. The Morgan fingerprint density at radius 1 is 1.26 bits per heavy atom. The van der Waals surface area contributed by atoms with Crippen LogP contribution < -0.4 is 5.73 Å². The van der Waals surface area contributed by atoms with Crippen molar-refractivity contribution < 1.29 is 4.74 Å². The van der Waals surface area contributed by atoms with Crippen molar-refractivity contribution in [2.24, 2.45) is 10.7 Å². The molecule has 0 aromatic heterocycles. The van der Waals surface area contributed by atoms with Gasteiger partial charge in [-0.1, -0.05) is 24.3 Å². The maximum absolute atomic E-state index is 5.88. The van der Waals surface area contributed by atoms with E-state index in [2.05, 4.69) is 29.2 Å². The lowest BCUT2D eigenvalue weighted by Crippen LogP contribution is -2.51. The maximum Gasteiger partial charge on any atom is 0.288 e. The molecule has 100 valence electrons. The zero-order valence-electron chi connectivity index (χ0n) is 11.0. The predicted molar refractivity (Wildman–Crippen MR) is 73.9 cm³/mol. The standard InChI is InChI=1S/C15H19N3O/c16-13-7-15(8-13)10-19-14(17-15)18-6-5-11-3-1-2-4-12(11)9-18/h1-4,13H,5-10,16H2. The van der Waals surface area contributed by atoms with E-state index in [4.69, 9.17) is 15.5 Å². The van der Waals surface area contributed by atoms with Gasteiger partial charge in [0.1, 0.15) is 12.1 Å². The minimum atomic E-state index is 0.00567. The van der Waals surface area contributed by atoms with Crippen LogP contribution in [0.15, 0.2) is 29.3 Å². The van der Waals surface area contributed by atoms with Crippen molar-refractivity contribution in [2.75, 3.05) is 13.2 Å². The summed E-state index contributed by atoms with van der Waals surface area (Å²) in [5.74, 6) is 0. The van der Waals surface area contributed by atoms with Crippen LogP contribution in [-0.4, -0.2) is 35.7 Å². The van der Waals surface area contributed by atoms with Gasteiger partial charge in [0.05, 0.1) is 0 Å². The number of aliphatic imine (C=N–C) groups is 1. The van der Waals surface area contributed by atoms with Crippen LogP contribution in [0.2, 0.25) is 0 Å². The minimum Gasteiger partial charge on any atom is -0.463 e. The van der Waals surface area contributed by atoms with Gasteiger partial charge in [-0.3, -0.25) is 0 Å². The zero-order chi connectivity index (χ0) is 12.9. The minimum absolute atomic E-state index is 0.00567. The van der Waals surface area contributed by atoms with E-state index in [0.717, 1.165) is 38.4 Å². The molecule has 0 bridgehead atoms. The van der Waals surface area contributed by atoms with Crippen LogP contribution in [0.1, 0.15) is 24.0 Å². The summed E-state index contributed by atoms with van der Waals surface area (Å²) in [7, 11) is 0. The van der Waals surface area contributed by atoms with Crippen molar-refractivity contribution in [1.29, 1.82) is 0 Å². The second-order valence-electron chi connectivity index (χ2n) is 6.02. The Balaban J connectivity index is 1.53. The summed E-state index contributed by atoms with van der Waals surface area (Å²) in [6, 6.07) is 9.78. The number of rotatable bonds is 0. The van der Waals surface area contributed by atoms with Crippen molar-refractivity contribution in [3.8, 4) is 0 Å². The second kappa shape index (κ2) is 3.97. The van der Waals surface area contributed by atoms with Crippen LogP contribution in [0.4, 0.5) is 0 Å². The maximum atomic E-state index is 5.88. The molecule has 0 saturated heterocycles. The van der Waals surface area contributed by atoms with Gasteiger partial charge in [-0.25, -0.2) is 4.99 Å². The Kier molecular flexibility index (Phi) is 2.36. The Hall–Kier alpha value is -1.55. The molecule has 0 unspecified atom stereocenters. The molecule has 2 heterocycles. The number of hydrogen-bond donors (Lipinski definition) is 1. The topological polar surface area (TPSA) is 50.9 Å². The predicted octanol–water partition coefficient (Wildman–Crippen LogP) is 1.29. The molecule has 3 aliphatic rings. The van der Waals surface area contributed by atoms with Crippen LogP contribution in [0.25, 0.3) is 0 Å². The van der Waals surface area contributed by atoms with Crippen molar-refractivity contribution in [1.82, 2.24) is 4.90 Å². The van der Waals surface area contributed by atoms with Gasteiger partial charge >= 0.3 is 0 Å². The lowest BCUT2D eigenvalue weighted by atomic mass is 9.74. The summed E-state index contributed by atoms with van der Waals surface area (Å²) < 4.78 is 5.83. The summed E-state index contributed by atoms with van der Waals surface area (Å²) >= 11 is 0.